The van der Waals surface area contributed by atoms with Crippen molar-refractivity contribution >= 4 is 29.0 Å². The average Bonchev–Trinajstić information content (AvgIpc) is 2.81. The molecule has 0 spiro atoms. The number of aromatic nitrogens is 2. The van der Waals surface area contributed by atoms with Crippen molar-refractivity contribution in [2.75, 3.05) is 29.9 Å². The lowest BCUT2D eigenvalue weighted by Gasteiger charge is -2.30. The van der Waals surface area contributed by atoms with Gasteiger partial charge in [0.15, 0.2) is 12.4 Å². The second-order valence-corrected chi connectivity index (χ2v) is 8.68. The minimum absolute atomic E-state index is 0.0890. The van der Waals surface area contributed by atoms with Crippen LogP contribution in [0.2, 0.25) is 5.02 Å². The predicted octanol–water partition coefficient (Wildman–Crippen LogP) is 5.36. The molecule has 2 heterocycles. The number of halogens is 1. The van der Waals surface area contributed by atoms with Gasteiger partial charge < -0.3 is 15.0 Å². The van der Waals surface area contributed by atoms with Gasteiger partial charge in [0.2, 0.25) is 0 Å². The van der Waals surface area contributed by atoms with E-state index in [4.69, 9.17) is 16.3 Å². The van der Waals surface area contributed by atoms with Crippen molar-refractivity contribution in [3.05, 3.63) is 65.2 Å². The zero-order valence-electron chi connectivity index (χ0n) is 18.3. The molecule has 0 atom stereocenters. The number of piperidine rings is 1. The average molecular weight is 451 g/mol. The van der Waals surface area contributed by atoms with E-state index in [0.29, 0.717) is 16.5 Å². The second-order valence-electron chi connectivity index (χ2n) is 8.27. The maximum atomic E-state index is 12.3. The van der Waals surface area contributed by atoms with Gasteiger partial charge in [-0.25, -0.2) is 0 Å². The van der Waals surface area contributed by atoms with Gasteiger partial charge in [0.05, 0.1) is 5.69 Å². The third-order valence-corrected chi connectivity index (χ3v) is 6.12. The smallest absolute Gasteiger partial charge is 0.262 e. The molecule has 0 radical (unpaired) electrons. The van der Waals surface area contributed by atoms with Gasteiger partial charge in [0.25, 0.3) is 5.91 Å². The molecule has 1 amide bonds. The SMILES string of the molecule is Cc1cc(OCC(=O)Nc2cccc(-c3ccc(N4CCC(C)CC4)nn3)c2)ccc1Cl. The number of ether oxygens (including phenoxy) is 1. The van der Waals surface area contributed by atoms with Crippen LogP contribution in [0.1, 0.15) is 25.3 Å². The number of hydrogen-bond donors (Lipinski definition) is 1. The molecule has 166 valence electrons. The number of nitrogens with zero attached hydrogens (tertiary/aromatic N) is 3. The van der Waals surface area contributed by atoms with Crippen molar-refractivity contribution < 1.29 is 9.53 Å². The number of amides is 1. The van der Waals surface area contributed by atoms with Gasteiger partial charge in [-0.15, -0.1) is 10.2 Å². The Morgan fingerprint density at radius 1 is 1.12 bits per heavy atom. The summed E-state index contributed by atoms with van der Waals surface area (Å²) >= 11 is 6.02. The van der Waals surface area contributed by atoms with Crippen LogP contribution in [0, 0.1) is 12.8 Å². The maximum Gasteiger partial charge on any atom is 0.262 e. The van der Waals surface area contributed by atoms with Gasteiger partial charge in [-0.2, -0.15) is 0 Å². The van der Waals surface area contributed by atoms with Crippen LogP contribution in [0.5, 0.6) is 5.75 Å². The molecule has 1 aliphatic heterocycles. The number of anilines is 2. The van der Waals surface area contributed by atoms with E-state index < -0.39 is 0 Å². The molecule has 1 N–H and O–H groups in total. The first-order valence-corrected chi connectivity index (χ1v) is 11.2. The van der Waals surface area contributed by atoms with Gasteiger partial charge in [-0.1, -0.05) is 30.7 Å². The molecule has 2 aromatic carbocycles. The highest BCUT2D eigenvalue weighted by atomic mass is 35.5. The molecular formula is C25H27ClN4O2. The topological polar surface area (TPSA) is 67.3 Å². The number of carbonyl (C=O) groups excluding carboxylic acids is 1. The summed E-state index contributed by atoms with van der Waals surface area (Å²) in [5, 5.41) is 12.4. The minimum atomic E-state index is -0.240. The molecule has 3 aromatic rings. The van der Waals surface area contributed by atoms with Gasteiger partial charge in [-0.05, 0) is 73.7 Å². The van der Waals surface area contributed by atoms with Crippen LogP contribution in [0.25, 0.3) is 11.3 Å². The Labute approximate surface area is 193 Å². The molecule has 32 heavy (non-hydrogen) atoms. The Bertz CT molecular complexity index is 1080. The van der Waals surface area contributed by atoms with Crippen molar-refractivity contribution in [2.24, 2.45) is 5.92 Å². The molecule has 7 heteroatoms. The number of nitrogens with one attached hydrogen (secondary N) is 1. The van der Waals surface area contributed by atoms with Crippen LogP contribution in [0.3, 0.4) is 0 Å². The van der Waals surface area contributed by atoms with Crippen molar-refractivity contribution in [1.29, 1.82) is 0 Å². The van der Waals surface area contributed by atoms with E-state index in [9.17, 15) is 4.79 Å². The van der Waals surface area contributed by atoms with Crippen LogP contribution in [0.15, 0.2) is 54.6 Å². The van der Waals surface area contributed by atoms with E-state index in [0.717, 1.165) is 41.6 Å². The van der Waals surface area contributed by atoms with Crippen LogP contribution in [-0.2, 0) is 4.79 Å². The van der Waals surface area contributed by atoms with E-state index in [1.165, 1.54) is 12.8 Å². The van der Waals surface area contributed by atoms with E-state index in [2.05, 4.69) is 27.3 Å². The zero-order chi connectivity index (χ0) is 22.5. The second kappa shape index (κ2) is 10.0. The fourth-order valence-corrected chi connectivity index (χ4v) is 3.81. The highest BCUT2D eigenvalue weighted by Crippen LogP contribution is 2.25. The monoisotopic (exact) mass is 450 g/mol. The Hall–Kier alpha value is -3.12. The van der Waals surface area contributed by atoms with Crippen LogP contribution >= 0.6 is 11.6 Å². The van der Waals surface area contributed by atoms with E-state index in [-0.39, 0.29) is 12.5 Å². The Kier molecular flexibility index (Phi) is 6.90. The fourth-order valence-electron chi connectivity index (χ4n) is 3.69. The number of aryl methyl sites for hydroxylation is 1. The predicted molar refractivity (Wildman–Crippen MR) is 128 cm³/mol. The lowest BCUT2D eigenvalue weighted by atomic mass is 9.99. The van der Waals surface area contributed by atoms with Gasteiger partial charge in [0, 0.05) is 29.4 Å². The van der Waals surface area contributed by atoms with Crippen molar-refractivity contribution in [2.45, 2.75) is 26.7 Å². The molecule has 0 bridgehead atoms. The van der Waals surface area contributed by atoms with Gasteiger partial charge in [0.1, 0.15) is 5.75 Å². The Balaban J connectivity index is 1.36. The fraction of sp³-hybridized carbons (Fsp3) is 0.320. The van der Waals surface area contributed by atoms with Crippen molar-refractivity contribution in [1.82, 2.24) is 10.2 Å². The quantitative estimate of drug-likeness (QED) is 0.547. The number of benzene rings is 2. The third kappa shape index (κ3) is 5.56. The molecule has 4 rings (SSSR count). The minimum Gasteiger partial charge on any atom is -0.484 e. The summed E-state index contributed by atoms with van der Waals surface area (Å²) in [4.78, 5) is 14.6. The van der Waals surface area contributed by atoms with Gasteiger partial charge in [-0.3, -0.25) is 4.79 Å². The first kappa shape index (κ1) is 22.1. The molecule has 0 aliphatic carbocycles. The summed E-state index contributed by atoms with van der Waals surface area (Å²) in [6, 6.07) is 16.9. The number of rotatable bonds is 6. The summed E-state index contributed by atoms with van der Waals surface area (Å²) in [5.74, 6) is 2.06. The largest absolute Gasteiger partial charge is 0.484 e. The summed E-state index contributed by atoms with van der Waals surface area (Å²) < 4.78 is 5.57. The molecule has 1 saturated heterocycles. The molecule has 0 saturated carbocycles. The molecular weight excluding hydrogens is 424 g/mol. The highest BCUT2D eigenvalue weighted by molar-refractivity contribution is 6.31. The molecule has 0 unspecified atom stereocenters. The van der Waals surface area contributed by atoms with Crippen LogP contribution < -0.4 is 15.0 Å². The summed E-state index contributed by atoms with van der Waals surface area (Å²) in [6.07, 6.45) is 2.37. The Morgan fingerprint density at radius 2 is 1.94 bits per heavy atom. The van der Waals surface area contributed by atoms with E-state index in [1.54, 1.807) is 12.1 Å². The molecule has 1 aliphatic rings. The van der Waals surface area contributed by atoms with Crippen LogP contribution in [0.4, 0.5) is 11.5 Å². The first-order valence-electron chi connectivity index (χ1n) is 10.9. The summed E-state index contributed by atoms with van der Waals surface area (Å²) in [5.41, 5.74) is 3.24. The van der Waals surface area contributed by atoms with E-state index >= 15 is 0 Å². The van der Waals surface area contributed by atoms with Crippen molar-refractivity contribution in [3.63, 3.8) is 0 Å². The third-order valence-electron chi connectivity index (χ3n) is 5.70. The standard InChI is InChI=1S/C25H27ClN4O2/c1-17-10-12-30(13-11-17)24-9-8-23(28-29-24)19-4-3-5-20(15-19)27-25(31)16-32-21-6-7-22(26)18(2)14-21/h3-9,14-15,17H,10-13,16H2,1-2H3,(H,27,31). The van der Waals surface area contributed by atoms with Crippen LogP contribution in [-0.4, -0.2) is 35.8 Å². The normalized spacial score (nSPS) is 14.3. The lowest BCUT2D eigenvalue weighted by Crippen LogP contribution is -2.33. The number of carbonyl (C=O) groups is 1. The molecule has 1 fully saturated rings. The molecule has 6 nitrogen and oxygen atoms in total. The maximum absolute atomic E-state index is 12.3. The number of hydrogen-bond acceptors (Lipinski definition) is 5. The highest BCUT2D eigenvalue weighted by Gasteiger charge is 2.17. The summed E-state index contributed by atoms with van der Waals surface area (Å²) in [7, 11) is 0. The van der Waals surface area contributed by atoms with E-state index in [1.807, 2.05) is 49.4 Å². The zero-order valence-corrected chi connectivity index (χ0v) is 19.1. The summed E-state index contributed by atoms with van der Waals surface area (Å²) in [6.45, 7) is 6.14. The Morgan fingerprint density at radius 3 is 2.66 bits per heavy atom. The molecule has 1 aromatic heterocycles. The first-order chi connectivity index (χ1) is 15.5. The lowest BCUT2D eigenvalue weighted by molar-refractivity contribution is -0.118. The van der Waals surface area contributed by atoms with Gasteiger partial charge >= 0.3 is 0 Å². The van der Waals surface area contributed by atoms with Crippen molar-refractivity contribution in [3.8, 4) is 17.0 Å².